The molecular formula is C23H21FN2O2S. The molecule has 0 unspecified atom stereocenters. The molecular weight excluding hydrogens is 387 g/mol. The first-order valence-corrected chi connectivity index (χ1v) is 10.5. The van der Waals surface area contributed by atoms with E-state index in [9.17, 15) is 4.39 Å². The predicted molar refractivity (Wildman–Crippen MR) is 115 cm³/mol. The molecule has 0 atom stereocenters. The van der Waals surface area contributed by atoms with Gasteiger partial charge in [-0.25, -0.2) is 9.37 Å². The quantitative estimate of drug-likeness (QED) is 0.275. The standard InChI is InChI=1S/C23H21FN2O2S/c1-2-27-18-13-11-17(12-14-18)26-21-9-5-4-8-20(21)25-23(26)29-16-15-28-22-10-6-3-7-19(22)24/h3-14H,2,15-16H2,1H3. The fraction of sp³-hybridized carbons (Fsp3) is 0.174. The Hall–Kier alpha value is -2.99. The average molecular weight is 408 g/mol. The van der Waals surface area contributed by atoms with Gasteiger partial charge in [-0.2, -0.15) is 0 Å². The molecule has 0 amide bonds. The van der Waals surface area contributed by atoms with Gasteiger partial charge in [0.05, 0.1) is 24.2 Å². The normalized spacial score (nSPS) is 11.0. The summed E-state index contributed by atoms with van der Waals surface area (Å²) in [5.74, 6) is 1.41. The van der Waals surface area contributed by atoms with Gasteiger partial charge in [-0.15, -0.1) is 0 Å². The second kappa shape index (κ2) is 9.01. The minimum atomic E-state index is -0.348. The number of thioether (sulfide) groups is 1. The van der Waals surface area contributed by atoms with Crippen molar-refractivity contribution in [2.24, 2.45) is 0 Å². The van der Waals surface area contributed by atoms with Gasteiger partial charge in [0, 0.05) is 11.4 Å². The lowest BCUT2D eigenvalue weighted by Gasteiger charge is -2.11. The van der Waals surface area contributed by atoms with Gasteiger partial charge in [0.2, 0.25) is 0 Å². The number of rotatable bonds is 8. The van der Waals surface area contributed by atoms with Gasteiger partial charge in [-0.3, -0.25) is 4.57 Å². The zero-order valence-electron chi connectivity index (χ0n) is 16.0. The predicted octanol–water partition coefficient (Wildman–Crippen LogP) is 5.73. The topological polar surface area (TPSA) is 36.3 Å². The van der Waals surface area contributed by atoms with Gasteiger partial charge >= 0.3 is 0 Å². The summed E-state index contributed by atoms with van der Waals surface area (Å²) in [5.41, 5.74) is 2.98. The van der Waals surface area contributed by atoms with E-state index in [-0.39, 0.29) is 11.6 Å². The molecule has 6 heteroatoms. The molecule has 1 heterocycles. The monoisotopic (exact) mass is 408 g/mol. The lowest BCUT2D eigenvalue weighted by molar-refractivity contribution is 0.325. The Labute approximate surface area is 173 Å². The largest absolute Gasteiger partial charge is 0.494 e. The van der Waals surface area contributed by atoms with E-state index >= 15 is 0 Å². The fourth-order valence-electron chi connectivity index (χ4n) is 3.05. The molecule has 4 aromatic rings. The summed E-state index contributed by atoms with van der Waals surface area (Å²) < 4.78 is 26.9. The Morgan fingerprint density at radius 2 is 1.69 bits per heavy atom. The first-order valence-electron chi connectivity index (χ1n) is 9.47. The summed E-state index contributed by atoms with van der Waals surface area (Å²) in [6, 6.07) is 22.5. The number of ether oxygens (including phenoxy) is 2. The summed E-state index contributed by atoms with van der Waals surface area (Å²) in [4.78, 5) is 4.77. The maximum absolute atomic E-state index is 13.7. The summed E-state index contributed by atoms with van der Waals surface area (Å²) in [5, 5.41) is 0.868. The number of para-hydroxylation sites is 3. The molecule has 0 spiro atoms. The van der Waals surface area contributed by atoms with E-state index in [2.05, 4.69) is 10.6 Å². The van der Waals surface area contributed by atoms with Crippen molar-refractivity contribution in [1.82, 2.24) is 9.55 Å². The van der Waals surface area contributed by atoms with Crippen molar-refractivity contribution in [3.8, 4) is 17.2 Å². The molecule has 0 bridgehead atoms. The van der Waals surface area contributed by atoms with E-state index in [1.165, 1.54) is 6.07 Å². The Bertz CT molecular complexity index is 1100. The number of halogens is 1. The molecule has 0 N–H and O–H groups in total. The van der Waals surface area contributed by atoms with Gasteiger partial charge in [-0.1, -0.05) is 36.0 Å². The number of hydrogen-bond acceptors (Lipinski definition) is 4. The van der Waals surface area contributed by atoms with Gasteiger partial charge in [0.25, 0.3) is 0 Å². The van der Waals surface area contributed by atoms with Crippen LogP contribution in [0.2, 0.25) is 0 Å². The molecule has 0 aliphatic carbocycles. The number of hydrogen-bond donors (Lipinski definition) is 0. The maximum atomic E-state index is 13.7. The van der Waals surface area contributed by atoms with Crippen molar-refractivity contribution in [2.45, 2.75) is 12.1 Å². The number of aromatic nitrogens is 2. The van der Waals surface area contributed by atoms with E-state index in [4.69, 9.17) is 14.5 Å². The highest BCUT2D eigenvalue weighted by atomic mass is 32.2. The SMILES string of the molecule is CCOc1ccc(-n2c(SCCOc3ccccc3F)nc3ccccc32)cc1. The van der Waals surface area contributed by atoms with Crippen LogP contribution in [0, 0.1) is 5.82 Å². The van der Waals surface area contributed by atoms with E-state index in [1.807, 2.05) is 49.4 Å². The molecule has 0 aliphatic rings. The van der Waals surface area contributed by atoms with Crippen LogP contribution in [0.1, 0.15) is 6.92 Å². The lowest BCUT2D eigenvalue weighted by atomic mass is 10.2. The molecule has 0 saturated heterocycles. The summed E-state index contributed by atoms with van der Waals surface area (Å²) in [6.45, 7) is 2.99. The van der Waals surface area contributed by atoms with Crippen LogP contribution in [0.15, 0.2) is 78.0 Å². The Balaban J connectivity index is 1.54. The van der Waals surface area contributed by atoms with Crippen LogP contribution in [-0.4, -0.2) is 28.5 Å². The van der Waals surface area contributed by atoms with Crippen molar-refractivity contribution in [2.75, 3.05) is 19.0 Å². The lowest BCUT2D eigenvalue weighted by Crippen LogP contribution is -2.03. The molecule has 29 heavy (non-hydrogen) atoms. The van der Waals surface area contributed by atoms with Crippen LogP contribution in [-0.2, 0) is 0 Å². The number of nitrogens with zero attached hydrogens (tertiary/aromatic N) is 2. The number of fused-ring (bicyclic) bond motifs is 1. The molecule has 4 rings (SSSR count). The van der Waals surface area contributed by atoms with Crippen LogP contribution in [0.3, 0.4) is 0 Å². The third-order valence-corrected chi connectivity index (χ3v) is 5.25. The van der Waals surface area contributed by atoms with E-state index in [0.29, 0.717) is 19.0 Å². The first kappa shape index (κ1) is 19.3. The molecule has 0 fully saturated rings. The van der Waals surface area contributed by atoms with Crippen LogP contribution in [0.4, 0.5) is 4.39 Å². The van der Waals surface area contributed by atoms with Crippen LogP contribution >= 0.6 is 11.8 Å². The Morgan fingerprint density at radius 3 is 2.48 bits per heavy atom. The van der Waals surface area contributed by atoms with Crippen molar-refractivity contribution < 1.29 is 13.9 Å². The van der Waals surface area contributed by atoms with Crippen molar-refractivity contribution in [3.63, 3.8) is 0 Å². The minimum Gasteiger partial charge on any atom is -0.494 e. The van der Waals surface area contributed by atoms with Gasteiger partial charge in [-0.05, 0) is 55.5 Å². The van der Waals surface area contributed by atoms with Gasteiger partial charge in [0.1, 0.15) is 5.75 Å². The molecule has 4 nitrogen and oxygen atoms in total. The molecule has 148 valence electrons. The van der Waals surface area contributed by atoms with Crippen molar-refractivity contribution in [3.05, 3.63) is 78.6 Å². The highest BCUT2D eigenvalue weighted by Crippen LogP contribution is 2.29. The van der Waals surface area contributed by atoms with Gasteiger partial charge in [0.15, 0.2) is 16.7 Å². The maximum Gasteiger partial charge on any atom is 0.173 e. The smallest absolute Gasteiger partial charge is 0.173 e. The molecule has 1 aromatic heterocycles. The second-order valence-corrected chi connectivity index (χ2v) is 7.33. The molecule has 0 aliphatic heterocycles. The minimum absolute atomic E-state index is 0.271. The highest BCUT2D eigenvalue weighted by molar-refractivity contribution is 7.99. The number of benzene rings is 3. The molecule has 0 radical (unpaired) electrons. The summed E-state index contributed by atoms with van der Waals surface area (Å²) >= 11 is 1.58. The van der Waals surface area contributed by atoms with Crippen LogP contribution in [0.5, 0.6) is 11.5 Å². The third-order valence-electron chi connectivity index (χ3n) is 4.34. The number of imidazole rings is 1. The highest BCUT2D eigenvalue weighted by Gasteiger charge is 2.13. The third kappa shape index (κ3) is 4.38. The average Bonchev–Trinajstić information content (AvgIpc) is 3.11. The van der Waals surface area contributed by atoms with Crippen molar-refractivity contribution >= 4 is 22.8 Å². The molecule has 0 saturated carbocycles. The van der Waals surface area contributed by atoms with Crippen molar-refractivity contribution in [1.29, 1.82) is 0 Å². The fourth-order valence-corrected chi connectivity index (χ4v) is 3.90. The van der Waals surface area contributed by atoms with E-state index < -0.39 is 0 Å². The van der Waals surface area contributed by atoms with Crippen LogP contribution < -0.4 is 9.47 Å². The summed E-state index contributed by atoms with van der Waals surface area (Å²) in [7, 11) is 0. The Kier molecular flexibility index (Phi) is 6.00. The summed E-state index contributed by atoms with van der Waals surface area (Å²) in [6.07, 6.45) is 0. The first-order chi connectivity index (χ1) is 14.3. The Morgan fingerprint density at radius 1 is 0.931 bits per heavy atom. The zero-order chi connectivity index (χ0) is 20.1. The zero-order valence-corrected chi connectivity index (χ0v) is 16.9. The van der Waals surface area contributed by atoms with Gasteiger partial charge < -0.3 is 9.47 Å². The molecule has 3 aromatic carbocycles. The van der Waals surface area contributed by atoms with E-state index in [0.717, 1.165) is 27.6 Å². The second-order valence-electron chi connectivity index (χ2n) is 6.27. The van der Waals surface area contributed by atoms with E-state index in [1.54, 1.807) is 30.0 Å². The van der Waals surface area contributed by atoms with Crippen LogP contribution in [0.25, 0.3) is 16.7 Å².